The van der Waals surface area contributed by atoms with E-state index in [4.69, 9.17) is 0 Å². The van der Waals surface area contributed by atoms with Gasteiger partial charge in [-0.05, 0) is 13.0 Å². The second kappa shape index (κ2) is 5.34. The summed E-state index contributed by atoms with van der Waals surface area (Å²) in [7, 11) is -1.77. The number of hydrogen-bond donors (Lipinski definition) is 1. The molecule has 1 unspecified atom stereocenters. The normalized spacial score (nSPS) is 22.1. The van der Waals surface area contributed by atoms with Crippen LogP contribution in [-0.2, 0) is 17.1 Å². The van der Waals surface area contributed by atoms with Crippen molar-refractivity contribution in [2.75, 3.05) is 19.6 Å². The molecule has 2 heterocycles. The molecule has 6 nitrogen and oxygen atoms in total. The van der Waals surface area contributed by atoms with Crippen molar-refractivity contribution in [2.24, 2.45) is 7.05 Å². The van der Waals surface area contributed by atoms with Crippen LogP contribution in [0.1, 0.15) is 6.92 Å². The van der Waals surface area contributed by atoms with Gasteiger partial charge in [-0.2, -0.15) is 9.40 Å². The molecule has 8 heteroatoms. The molecule has 0 amide bonds. The molecule has 1 aliphatic rings. The molecule has 0 saturated carbocycles. The summed E-state index contributed by atoms with van der Waals surface area (Å²) in [4.78, 5) is 0. The average Bonchev–Trinajstić information content (AvgIpc) is 2.65. The lowest BCUT2D eigenvalue weighted by atomic mass is 10.3. The van der Waals surface area contributed by atoms with Crippen molar-refractivity contribution >= 4 is 22.4 Å². The first kappa shape index (κ1) is 14.4. The summed E-state index contributed by atoms with van der Waals surface area (Å²) in [5, 5.41) is 7.32. The molecule has 0 spiro atoms. The predicted octanol–water partition coefficient (Wildman–Crippen LogP) is -0.176. The van der Waals surface area contributed by atoms with Crippen LogP contribution in [0.5, 0.6) is 0 Å². The van der Waals surface area contributed by atoms with E-state index in [9.17, 15) is 8.42 Å². The van der Waals surface area contributed by atoms with E-state index >= 15 is 0 Å². The topological polar surface area (TPSA) is 67.2 Å². The van der Waals surface area contributed by atoms with Crippen LogP contribution in [0.2, 0.25) is 0 Å². The van der Waals surface area contributed by atoms with Crippen molar-refractivity contribution in [3.05, 3.63) is 12.3 Å². The highest BCUT2D eigenvalue weighted by Crippen LogP contribution is 2.17. The molecule has 1 N–H and O–H groups in total. The molecule has 1 fully saturated rings. The minimum Gasteiger partial charge on any atom is -0.314 e. The number of piperazine rings is 1. The smallest absolute Gasteiger partial charge is 0.260 e. The fraction of sp³-hybridized carbons (Fsp3) is 0.667. The Bertz CT molecular complexity index is 473. The monoisotopic (exact) mass is 280 g/mol. The average molecular weight is 281 g/mol. The highest BCUT2D eigenvalue weighted by atomic mass is 35.5. The first-order valence-electron chi connectivity index (χ1n) is 5.24. The van der Waals surface area contributed by atoms with Gasteiger partial charge in [0.2, 0.25) is 0 Å². The first-order chi connectivity index (χ1) is 7.53. The van der Waals surface area contributed by atoms with E-state index in [2.05, 4.69) is 10.4 Å². The van der Waals surface area contributed by atoms with E-state index < -0.39 is 10.0 Å². The van der Waals surface area contributed by atoms with Gasteiger partial charge in [0.1, 0.15) is 0 Å². The van der Waals surface area contributed by atoms with Crippen LogP contribution in [0.3, 0.4) is 0 Å². The van der Waals surface area contributed by atoms with Crippen LogP contribution in [0, 0.1) is 0 Å². The van der Waals surface area contributed by atoms with Crippen LogP contribution >= 0.6 is 12.4 Å². The molecule has 98 valence electrons. The van der Waals surface area contributed by atoms with Crippen LogP contribution in [0.4, 0.5) is 0 Å². The number of aromatic nitrogens is 2. The maximum atomic E-state index is 12.3. The van der Waals surface area contributed by atoms with Gasteiger partial charge in [0.15, 0.2) is 5.03 Å². The molecular weight excluding hydrogens is 264 g/mol. The van der Waals surface area contributed by atoms with Crippen LogP contribution in [0.25, 0.3) is 0 Å². The molecule has 0 aliphatic carbocycles. The van der Waals surface area contributed by atoms with E-state index in [-0.39, 0.29) is 23.5 Å². The molecule has 1 aromatic rings. The molecule has 0 bridgehead atoms. The third kappa shape index (κ3) is 2.62. The molecule has 1 aromatic heterocycles. The zero-order chi connectivity index (χ0) is 11.8. The summed E-state index contributed by atoms with van der Waals surface area (Å²) in [6, 6.07) is 1.51. The van der Waals surface area contributed by atoms with E-state index in [1.54, 1.807) is 7.05 Å². The number of hydrogen-bond acceptors (Lipinski definition) is 4. The Labute approximate surface area is 107 Å². The standard InChI is InChI=1S/C9H16N4O2S.ClH/c1-8-7-10-5-6-13(8)16(14,15)9-3-4-11-12(9)2;/h3-4,8,10H,5-7H2,1-2H3;1H. The van der Waals surface area contributed by atoms with Crippen molar-refractivity contribution in [1.29, 1.82) is 0 Å². The highest BCUT2D eigenvalue weighted by molar-refractivity contribution is 7.89. The number of nitrogens with zero attached hydrogens (tertiary/aromatic N) is 3. The third-order valence-electron chi connectivity index (χ3n) is 2.79. The van der Waals surface area contributed by atoms with Crippen molar-refractivity contribution in [3.8, 4) is 0 Å². The molecule has 17 heavy (non-hydrogen) atoms. The predicted molar refractivity (Wildman–Crippen MR) is 66.7 cm³/mol. The molecule has 1 saturated heterocycles. The van der Waals surface area contributed by atoms with E-state index in [1.165, 1.54) is 21.3 Å². The van der Waals surface area contributed by atoms with Gasteiger partial charge in [-0.25, -0.2) is 8.42 Å². The fourth-order valence-corrected chi connectivity index (χ4v) is 3.65. The Kier molecular flexibility index (Phi) is 4.54. The summed E-state index contributed by atoms with van der Waals surface area (Å²) < 4.78 is 27.6. The van der Waals surface area contributed by atoms with Gasteiger partial charge in [-0.15, -0.1) is 12.4 Å². The van der Waals surface area contributed by atoms with E-state index in [0.717, 1.165) is 0 Å². The van der Waals surface area contributed by atoms with Crippen molar-refractivity contribution in [2.45, 2.75) is 18.0 Å². The van der Waals surface area contributed by atoms with Gasteiger partial charge in [0.25, 0.3) is 10.0 Å². The van der Waals surface area contributed by atoms with Gasteiger partial charge in [-0.1, -0.05) is 0 Å². The molecule has 0 aromatic carbocycles. The molecular formula is C9H17ClN4O2S. The Balaban J connectivity index is 0.00000144. The molecule has 0 radical (unpaired) electrons. The van der Waals surface area contributed by atoms with E-state index in [1.807, 2.05) is 6.92 Å². The Hall–Kier alpha value is -0.630. The molecule has 2 rings (SSSR count). The lowest BCUT2D eigenvalue weighted by Crippen LogP contribution is -2.52. The molecule has 1 atom stereocenters. The minimum atomic E-state index is -3.40. The van der Waals surface area contributed by atoms with Gasteiger partial charge in [0, 0.05) is 32.7 Å². The molecule has 1 aliphatic heterocycles. The van der Waals surface area contributed by atoms with Crippen LogP contribution < -0.4 is 5.32 Å². The quantitative estimate of drug-likeness (QED) is 0.816. The largest absolute Gasteiger partial charge is 0.314 e. The van der Waals surface area contributed by atoms with Crippen molar-refractivity contribution in [3.63, 3.8) is 0 Å². The van der Waals surface area contributed by atoms with Crippen molar-refractivity contribution in [1.82, 2.24) is 19.4 Å². The Morgan fingerprint density at radius 2 is 2.24 bits per heavy atom. The Morgan fingerprint density at radius 1 is 1.53 bits per heavy atom. The maximum Gasteiger partial charge on any atom is 0.260 e. The van der Waals surface area contributed by atoms with E-state index in [0.29, 0.717) is 19.6 Å². The third-order valence-corrected chi connectivity index (χ3v) is 4.88. The minimum absolute atomic E-state index is 0. The summed E-state index contributed by atoms with van der Waals surface area (Å²) in [5.41, 5.74) is 0. The summed E-state index contributed by atoms with van der Waals surface area (Å²) in [6.07, 6.45) is 1.50. The van der Waals surface area contributed by atoms with Gasteiger partial charge < -0.3 is 5.32 Å². The number of rotatable bonds is 2. The number of nitrogens with one attached hydrogen (secondary N) is 1. The zero-order valence-electron chi connectivity index (χ0n) is 9.83. The second-order valence-electron chi connectivity index (χ2n) is 3.96. The summed E-state index contributed by atoms with van der Waals surface area (Å²) in [5.74, 6) is 0. The van der Waals surface area contributed by atoms with Crippen LogP contribution in [0.15, 0.2) is 17.3 Å². The lowest BCUT2D eigenvalue weighted by Gasteiger charge is -2.32. The van der Waals surface area contributed by atoms with Gasteiger partial charge in [0.05, 0.1) is 6.20 Å². The number of halogens is 1. The number of sulfonamides is 1. The van der Waals surface area contributed by atoms with Gasteiger partial charge in [-0.3, -0.25) is 4.68 Å². The van der Waals surface area contributed by atoms with Crippen LogP contribution in [-0.4, -0.2) is 48.2 Å². The lowest BCUT2D eigenvalue weighted by molar-refractivity contribution is 0.282. The maximum absolute atomic E-state index is 12.3. The van der Waals surface area contributed by atoms with Gasteiger partial charge >= 0.3 is 0 Å². The summed E-state index contributed by atoms with van der Waals surface area (Å²) >= 11 is 0. The summed E-state index contributed by atoms with van der Waals surface area (Å²) in [6.45, 7) is 3.80. The highest BCUT2D eigenvalue weighted by Gasteiger charge is 2.32. The zero-order valence-corrected chi connectivity index (χ0v) is 11.5. The second-order valence-corrected chi connectivity index (χ2v) is 5.80. The van der Waals surface area contributed by atoms with Crippen molar-refractivity contribution < 1.29 is 8.42 Å². The fourth-order valence-electron chi connectivity index (χ4n) is 1.91. The SMILES string of the molecule is CC1CNCCN1S(=O)(=O)c1ccnn1C.Cl. The first-order valence-corrected chi connectivity index (χ1v) is 6.68. The Morgan fingerprint density at radius 3 is 2.76 bits per heavy atom. The number of aryl methyl sites for hydroxylation is 1.